The second-order valence-electron chi connectivity index (χ2n) is 10.1. The SMILES string of the molecule is O=C(NCC1CCCC(CNC(=O)NCC2COc3ccccc3O2)C1)NCC1COc2ccccc2O1. The Morgan fingerprint density at radius 2 is 1.05 bits per heavy atom. The van der Waals surface area contributed by atoms with Crippen LogP contribution >= 0.6 is 0 Å². The minimum absolute atomic E-state index is 0.205. The fourth-order valence-electron chi connectivity index (χ4n) is 5.11. The van der Waals surface area contributed by atoms with E-state index in [1.165, 1.54) is 0 Å². The molecule has 2 aromatic rings. The number of nitrogens with one attached hydrogen (secondary N) is 4. The van der Waals surface area contributed by atoms with Gasteiger partial charge in [-0.25, -0.2) is 9.59 Å². The molecule has 0 radical (unpaired) electrons. The summed E-state index contributed by atoms with van der Waals surface area (Å²) in [4.78, 5) is 24.7. The van der Waals surface area contributed by atoms with Crippen LogP contribution in [0.15, 0.2) is 48.5 Å². The number of benzene rings is 2. The Morgan fingerprint density at radius 1 is 0.632 bits per heavy atom. The number of hydrogen-bond donors (Lipinski definition) is 4. The number of carbonyl (C=O) groups is 2. The molecule has 3 aliphatic rings. The number of amides is 4. The standard InChI is InChI=1S/C28H36N4O6/c33-27(31-15-21-17-35-23-8-1-3-10-25(23)37-21)29-13-19-6-5-7-20(12-19)14-30-28(34)32-16-22-18-36-24-9-2-4-11-26(24)38-22/h1-4,8-11,19-22H,5-7,12-18H2,(H2,29,31,33)(H2,30,32,34). The molecule has 4 unspecified atom stereocenters. The summed E-state index contributed by atoms with van der Waals surface area (Å²) in [7, 11) is 0. The highest BCUT2D eigenvalue weighted by Gasteiger charge is 2.25. The molecule has 0 saturated heterocycles. The molecule has 4 atom stereocenters. The topological polar surface area (TPSA) is 119 Å². The summed E-state index contributed by atoms with van der Waals surface area (Å²) in [5.41, 5.74) is 0. The normalized spacial score (nSPS) is 23.6. The summed E-state index contributed by atoms with van der Waals surface area (Å²) >= 11 is 0. The molecule has 2 aromatic carbocycles. The van der Waals surface area contributed by atoms with E-state index in [-0.39, 0.29) is 24.3 Å². The molecule has 0 spiro atoms. The van der Waals surface area contributed by atoms with E-state index < -0.39 is 0 Å². The molecule has 10 heteroatoms. The lowest BCUT2D eigenvalue weighted by Crippen LogP contribution is -2.46. The summed E-state index contributed by atoms with van der Waals surface area (Å²) in [5, 5.41) is 11.7. The van der Waals surface area contributed by atoms with Crippen LogP contribution in [-0.4, -0.2) is 63.7 Å². The predicted molar refractivity (Wildman–Crippen MR) is 141 cm³/mol. The highest BCUT2D eigenvalue weighted by molar-refractivity contribution is 5.74. The highest BCUT2D eigenvalue weighted by Crippen LogP contribution is 2.32. The van der Waals surface area contributed by atoms with E-state index in [9.17, 15) is 9.59 Å². The van der Waals surface area contributed by atoms with Gasteiger partial charge in [-0.2, -0.15) is 0 Å². The lowest BCUT2D eigenvalue weighted by Gasteiger charge is -2.30. The first-order valence-corrected chi connectivity index (χ1v) is 13.4. The molecule has 10 nitrogen and oxygen atoms in total. The first-order chi connectivity index (χ1) is 18.6. The predicted octanol–water partition coefficient (Wildman–Crippen LogP) is 3.07. The van der Waals surface area contributed by atoms with Gasteiger partial charge in [-0.3, -0.25) is 0 Å². The summed E-state index contributed by atoms with van der Waals surface area (Å²) in [6.07, 6.45) is 3.74. The van der Waals surface area contributed by atoms with Crippen LogP contribution in [0.4, 0.5) is 9.59 Å². The van der Waals surface area contributed by atoms with E-state index in [1.54, 1.807) is 0 Å². The average molecular weight is 525 g/mol. The van der Waals surface area contributed by atoms with E-state index in [1.807, 2.05) is 48.5 Å². The summed E-state index contributed by atoms with van der Waals surface area (Å²) in [6, 6.07) is 14.6. The maximum Gasteiger partial charge on any atom is 0.314 e. The molecule has 0 aromatic heterocycles. The Labute approximate surface area is 222 Å². The second kappa shape index (κ2) is 12.6. The van der Waals surface area contributed by atoms with Crippen LogP contribution in [-0.2, 0) is 0 Å². The van der Waals surface area contributed by atoms with E-state index in [4.69, 9.17) is 18.9 Å². The van der Waals surface area contributed by atoms with E-state index in [2.05, 4.69) is 21.3 Å². The minimum Gasteiger partial charge on any atom is -0.486 e. The Bertz CT molecular complexity index is 1020. The Hall–Kier alpha value is -3.82. The van der Waals surface area contributed by atoms with Crippen LogP contribution in [0.1, 0.15) is 25.7 Å². The molecule has 1 saturated carbocycles. The van der Waals surface area contributed by atoms with Gasteiger partial charge in [0.05, 0.1) is 13.1 Å². The van der Waals surface area contributed by atoms with E-state index in [0.717, 1.165) is 37.2 Å². The van der Waals surface area contributed by atoms with Crippen molar-refractivity contribution < 1.29 is 28.5 Å². The summed E-state index contributed by atoms with van der Waals surface area (Å²) < 4.78 is 23.1. The van der Waals surface area contributed by atoms with Crippen LogP contribution in [0.25, 0.3) is 0 Å². The molecule has 5 rings (SSSR count). The van der Waals surface area contributed by atoms with Gasteiger partial charge in [0.15, 0.2) is 35.2 Å². The van der Waals surface area contributed by atoms with Gasteiger partial charge >= 0.3 is 12.1 Å². The molecule has 204 valence electrons. The fraction of sp³-hybridized carbons (Fsp3) is 0.500. The summed E-state index contributed by atoms with van der Waals surface area (Å²) in [5.74, 6) is 3.63. The first kappa shape index (κ1) is 25.8. The minimum atomic E-state index is -0.222. The zero-order chi connectivity index (χ0) is 26.2. The van der Waals surface area contributed by atoms with Crippen molar-refractivity contribution in [1.82, 2.24) is 21.3 Å². The first-order valence-electron chi connectivity index (χ1n) is 13.4. The largest absolute Gasteiger partial charge is 0.486 e. The van der Waals surface area contributed by atoms with Crippen LogP contribution in [0, 0.1) is 11.8 Å². The maximum absolute atomic E-state index is 12.3. The van der Waals surface area contributed by atoms with Gasteiger partial charge in [0, 0.05) is 13.1 Å². The van der Waals surface area contributed by atoms with Crippen molar-refractivity contribution in [1.29, 1.82) is 0 Å². The maximum atomic E-state index is 12.3. The van der Waals surface area contributed by atoms with Gasteiger partial charge in [0.25, 0.3) is 0 Å². The smallest absolute Gasteiger partial charge is 0.314 e. The third kappa shape index (κ3) is 7.14. The number of para-hydroxylation sites is 4. The van der Waals surface area contributed by atoms with Crippen molar-refractivity contribution >= 4 is 12.1 Å². The van der Waals surface area contributed by atoms with Crippen LogP contribution < -0.4 is 40.2 Å². The second-order valence-corrected chi connectivity index (χ2v) is 10.1. The fourth-order valence-corrected chi connectivity index (χ4v) is 5.11. The molecule has 38 heavy (non-hydrogen) atoms. The van der Waals surface area contributed by atoms with Crippen LogP contribution in [0.2, 0.25) is 0 Å². The molecular weight excluding hydrogens is 488 g/mol. The molecular formula is C28H36N4O6. The van der Waals surface area contributed by atoms with Crippen molar-refractivity contribution in [2.75, 3.05) is 39.4 Å². The Kier molecular flexibility index (Phi) is 8.57. The zero-order valence-electron chi connectivity index (χ0n) is 21.4. The number of urea groups is 2. The monoisotopic (exact) mass is 524 g/mol. The van der Waals surface area contributed by atoms with Crippen molar-refractivity contribution in [3.63, 3.8) is 0 Å². The zero-order valence-corrected chi connectivity index (χ0v) is 21.4. The average Bonchev–Trinajstić information content (AvgIpc) is 2.97. The number of carbonyl (C=O) groups excluding carboxylic acids is 2. The quantitative estimate of drug-likeness (QED) is 0.422. The number of rotatable bonds is 8. The summed E-state index contributed by atoms with van der Waals surface area (Å²) in [6.45, 7) is 2.77. The number of ether oxygens (including phenoxy) is 4. The molecule has 0 bridgehead atoms. The molecule has 2 aliphatic heterocycles. The third-order valence-corrected chi connectivity index (χ3v) is 7.11. The molecule has 2 heterocycles. The van der Waals surface area contributed by atoms with Crippen molar-refractivity contribution in [2.24, 2.45) is 11.8 Å². The van der Waals surface area contributed by atoms with Gasteiger partial charge in [-0.05, 0) is 55.4 Å². The third-order valence-electron chi connectivity index (χ3n) is 7.11. The van der Waals surface area contributed by atoms with E-state index in [0.29, 0.717) is 62.7 Å². The van der Waals surface area contributed by atoms with Gasteiger partial charge in [-0.1, -0.05) is 30.7 Å². The molecule has 1 fully saturated rings. The van der Waals surface area contributed by atoms with Crippen LogP contribution in [0.5, 0.6) is 23.0 Å². The number of fused-ring (bicyclic) bond motifs is 2. The molecule has 4 N–H and O–H groups in total. The van der Waals surface area contributed by atoms with Gasteiger partial charge in [0.2, 0.25) is 0 Å². The van der Waals surface area contributed by atoms with Crippen molar-refractivity contribution in [3.8, 4) is 23.0 Å². The van der Waals surface area contributed by atoms with Crippen LogP contribution in [0.3, 0.4) is 0 Å². The van der Waals surface area contributed by atoms with E-state index >= 15 is 0 Å². The molecule has 4 amide bonds. The molecule has 1 aliphatic carbocycles. The van der Waals surface area contributed by atoms with Crippen molar-refractivity contribution in [3.05, 3.63) is 48.5 Å². The van der Waals surface area contributed by atoms with Crippen molar-refractivity contribution in [2.45, 2.75) is 37.9 Å². The number of hydrogen-bond acceptors (Lipinski definition) is 6. The van der Waals surface area contributed by atoms with Gasteiger partial charge in [0.1, 0.15) is 13.2 Å². The lowest BCUT2D eigenvalue weighted by atomic mass is 9.81. The lowest BCUT2D eigenvalue weighted by molar-refractivity contribution is 0.0916. The Balaban J connectivity index is 0.944. The Morgan fingerprint density at radius 3 is 1.53 bits per heavy atom. The van der Waals surface area contributed by atoms with Gasteiger partial charge < -0.3 is 40.2 Å². The van der Waals surface area contributed by atoms with Gasteiger partial charge in [-0.15, -0.1) is 0 Å². The highest BCUT2D eigenvalue weighted by atomic mass is 16.6.